The summed E-state index contributed by atoms with van der Waals surface area (Å²) in [5, 5.41) is 4.30. The molecule has 3 atom stereocenters. The van der Waals surface area contributed by atoms with Gasteiger partial charge < -0.3 is 10.2 Å². The fraction of sp³-hybridized carbons (Fsp3) is 0.250. The number of benzene rings is 3. The molecule has 0 saturated heterocycles. The zero-order chi connectivity index (χ0) is 27.6. The average molecular weight is 564 g/mol. The van der Waals surface area contributed by atoms with Crippen LogP contribution in [0.5, 0.6) is 0 Å². The number of allylic oxidation sites excluding steroid dienone is 4. The first-order valence-electron chi connectivity index (χ1n) is 13.0. The minimum atomic E-state index is -0.871. The number of nitrogens with one attached hydrogen (secondary N) is 1. The Balaban J connectivity index is 1.50. The molecule has 0 radical (unpaired) electrons. The van der Waals surface area contributed by atoms with E-state index in [2.05, 4.69) is 11.4 Å². The van der Waals surface area contributed by atoms with Gasteiger partial charge in [-0.1, -0.05) is 71.8 Å². The average Bonchev–Trinajstić information content (AvgIpc) is 3.17. The van der Waals surface area contributed by atoms with Crippen molar-refractivity contribution in [1.29, 1.82) is 0 Å². The van der Waals surface area contributed by atoms with Gasteiger partial charge in [0.1, 0.15) is 5.82 Å². The van der Waals surface area contributed by atoms with Crippen LogP contribution >= 0.6 is 23.2 Å². The Morgan fingerprint density at radius 2 is 1.90 bits per heavy atom. The van der Waals surface area contributed by atoms with Gasteiger partial charge in [0, 0.05) is 34.4 Å². The molecule has 1 aliphatic heterocycles. The number of hydrogen-bond donors (Lipinski definition) is 1. The van der Waals surface area contributed by atoms with Crippen molar-refractivity contribution >= 4 is 40.7 Å². The smallest absolute Gasteiger partial charge is 0.254 e. The molecule has 0 fully saturated rings. The molecule has 2 aliphatic rings. The van der Waals surface area contributed by atoms with Crippen molar-refractivity contribution in [3.8, 4) is 0 Å². The monoisotopic (exact) mass is 562 g/mol. The molecule has 5 rings (SSSR count). The van der Waals surface area contributed by atoms with Crippen LogP contribution in [0.2, 0.25) is 5.02 Å². The van der Waals surface area contributed by atoms with Gasteiger partial charge in [0.15, 0.2) is 0 Å². The fourth-order valence-electron chi connectivity index (χ4n) is 5.85. The third-order valence-corrected chi connectivity index (χ3v) is 8.38. The second kappa shape index (κ2) is 11.4. The van der Waals surface area contributed by atoms with Gasteiger partial charge in [0.25, 0.3) is 5.91 Å². The first-order chi connectivity index (χ1) is 18.8. The molecular formula is C32H29Cl2FN2O2. The number of fused-ring (bicyclic) bond motifs is 1. The predicted molar refractivity (Wildman–Crippen MR) is 154 cm³/mol. The second-order valence-corrected chi connectivity index (χ2v) is 11.3. The topological polar surface area (TPSA) is 49.4 Å². The summed E-state index contributed by atoms with van der Waals surface area (Å²) in [4.78, 5) is 29.0. The van der Waals surface area contributed by atoms with Gasteiger partial charge in [-0.2, -0.15) is 0 Å². The zero-order valence-corrected chi connectivity index (χ0v) is 23.1. The van der Waals surface area contributed by atoms with Crippen LogP contribution in [0, 0.1) is 17.7 Å². The lowest BCUT2D eigenvalue weighted by molar-refractivity contribution is -0.122. The Kier molecular flexibility index (Phi) is 7.92. The van der Waals surface area contributed by atoms with E-state index in [1.165, 1.54) is 12.1 Å². The van der Waals surface area contributed by atoms with E-state index in [-0.39, 0.29) is 36.0 Å². The zero-order valence-electron chi connectivity index (χ0n) is 21.5. The van der Waals surface area contributed by atoms with Gasteiger partial charge in [0.05, 0.1) is 5.41 Å². The minimum Gasteiger partial charge on any atom is -0.334 e. The third-order valence-electron chi connectivity index (χ3n) is 7.87. The van der Waals surface area contributed by atoms with Gasteiger partial charge in [-0.3, -0.25) is 9.59 Å². The molecule has 2 amide bonds. The maximum Gasteiger partial charge on any atom is 0.254 e. The van der Waals surface area contributed by atoms with E-state index in [4.69, 9.17) is 23.2 Å². The molecule has 3 aromatic rings. The van der Waals surface area contributed by atoms with Crippen LogP contribution in [-0.2, 0) is 16.8 Å². The van der Waals surface area contributed by atoms with Gasteiger partial charge >= 0.3 is 0 Å². The molecule has 1 N–H and O–H groups in total. The molecule has 0 spiro atoms. The van der Waals surface area contributed by atoms with Crippen molar-refractivity contribution in [2.45, 2.75) is 31.7 Å². The molecule has 1 aliphatic carbocycles. The van der Waals surface area contributed by atoms with Crippen LogP contribution in [0.25, 0.3) is 0 Å². The summed E-state index contributed by atoms with van der Waals surface area (Å²) >= 11 is 12.7. The second-order valence-electron chi connectivity index (χ2n) is 10.3. The highest BCUT2D eigenvalue weighted by molar-refractivity contribution is 6.31. The number of hydrogen-bond acceptors (Lipinski definition) is 2. The summed E-state index contributed by atoms with van der Waals surface area (Å²) < 4.78 is 14.0. The molecule has 3 aromatic carbocycles. The highest BCUT2D eigenvalue weighted by atomic mass is 35.5. The Bertz CT molecular complexity index is 1460. The Morgan fingerprint density at radius 3 is 2.64 bits per heavy atom. The Hall–Kier alpha value is -3.41. The highest BCUT2D eigenvalue weighted by Gasteiger charge is 2.50. The van der Waals surface area contributed by atoms with Crippen molar-refractivity contribution in [1.82, 2.24) is 4.90 Å². The Morgan fingerprint density at radius 1 is 1.10 bits per heavy atom. The van der Waals surface area contributed by atoms with E-state index in [0.717, 1.165) is 10.6 Å². The first kappa shape index (κ1) is 27.2. The summed E-state index contributed by atoms with van der Waals surface area (Å²) in [6, 6.07) is 20.8. The van der Waals surface area contributed by atoms with E-state index < -0.39 is 5.41 Å². The van der Waals surface area contributed by atoms with Crippen LogP contribution in [0.1, 0.15) is 41.3 Å². The lowest BCUT2D eigenvalue weighted by Gasteiger charge is -2.39. The fourth-order valence-corrected chi connectivity index (χ4v) is 6.28. The molecular weight excluding hydrogens is 534 g/mol. The summed E-state index contributed by atoms with van der Waals surface area (Å²) in [5.41, 5.74) is 1.97. The largest absolute Gasteiger partial charge is 0.334 e. The molecule has 0 bridgehead atoms. The number of halogens is 3. The van der Waals surface area contributed by atoms with Gasteiger partial charge in [-0.05, 0) is 85.2 Å². The van der Waals surface area contributed by atoms with E-state index in [1.54, 1.807) is 35.2 Å². The Labute approximate surface area is 238 Å². The highest BCUT2D eigenvalue weighted by Crippen LogP contribution is 2.49. The lowest BCUT2D eigenvalue weighted by atomic mass is 9.64. The van der Waals surface area contributed by atoms with E-state index in [9.17, 15) is 14.0 Å². The SMILES string of the molecule is C[C@]1([C@@H](CCN(Cc2cccc(F)c2)C(=O)c2ccccc2)C2C=CC=C(Cl)C2)C(=O)Nc2cc(Cl)ccc21. The number of anilines is 1. The lowest BCUT2D eigenvalue weighted by Crippen LogP contribution is -2.44. The summed E-state index contributed by atoms with van der Waals surface area (Å²) in [6.45, 7) is 2.57. The van der Waals surface area contributed by atoms with Crippen molar-refractivity contribution in [2.75, 3.05) is 11.9 Å². The number of nitrogens with zero attached hydrogens (tertiary/aromatic N) is 1. The summed E-state index contributed by atoms with van der Waals surface area (Å²) in [5.74, 6) is -0.810. The number of amides is 2. The molecule has 1 heterocycles. The molecule has 7 heteroatoms. The molecule has 0 saturated carbocycles. The maximum absolute atomic E-state index is 14.0. The van der Waals surface area contributed by atoms with Gasteiger partial charge in [-0.15, -0.1) is 0 Å². The van der Waals surface area contributed by atoms with Crippen LogP contribution in [0.4, 0.5) is 10.1 Å². The number of carbonyl (C=O) groups is 2. The summed E-state index contributed by atoms with van der Waals surface area (Å²) in [6.07, 6.45) is 7.03. The maximum atomic E-state index is 14.0. The van der Waals surface area contributed by atoms with Crippen molar-refractivity contribution in [2.24, 2.45) is 11.8 Å². The first-order valence-corrected chi connectivity index (χ1v) is 13.7. The van der Waals surface area contributed by atoms with Crippen LogP contribution in [0.15, 0.2) is 96.1 Å². The van der Waals surface area contributed by atoms with Crippen LogP contribution in [-0.4, -0.2) is 23.3 Å². The number of carbonyl (C=O) groups excluding carboxylic acids is 2. The number of rotatable bonds is 8. The van der Waals surface area contributed by atoms with E-state index in [1.807, 2.05) is 49.4 Å². The quantitative estimate of drug-likeness (QED) is 0.305. The molecule has 1 unspecified atom stereocenters. The summed E-state index contributed by atoms with van der Waals surface area (Å²) in [7, 11) is 0. The molecule has 39 heavy (non-hydrogen) atoms. The van der Waals surface area contributed by atoms with Crippen molar-refractivity contribution < 1.29 is 14.0 Å². The van der Waals surface area contributed by atoms with Crippen LogP contribution < -0.4 is 5.32 Å². The predicted octanol–water partition coefficient (Wildman–Crippen LogP) is 7.74. The van der Waals surface area contributed by atoms with Crippen molar-refractivity contribution in [3.05, 3.63) is 124 Å². The van der Waals surface area contributed by atoms with Gasteiger partial charge in [0.2, 0.25) is 5.91 Å². The molecule has 200 valence electrons. The van der Waals surface area contributed by atoms with Gasteiger partial charge in [-0.25, -0.2) is 4.39 Å². The normalized spacial score (nSPS) is 20.7. The molecule has 0 aromatic heterocycles. The standard InChI is InChI=1S/C32H29Cl2FN2O2/c1-32(28-14-13-25(34)19-29(28)36-31(32)39)27(23-10-6-11-24(33)18-23)15-16-37(20-21-7-5-12-26(35)17-21)30(38)22-8-3-2-4-9-22/h2-14,17,19,23,27H,15-16,18,20H2,1H3,(H,36,39)/t23?,27-,32+/m0/s1. The molecule has 4 nitrogen and oxygen atoms in total. The third kappa shape index (κ3) is 5.66. The minimum absolute atomic E-state index is 0.0253. The van der Waals surface area contributed by atoms with Crippen molar-refractivity contribution in [3.63, 3.8) is 0 Å². The van der Waals surface area contributed by atoms with Crippen LogP contribution in [0.3, 0.4) is 0 Å². The van der Waals surface area contributed by atoms with E-state index >= 15 is 0 Å². The van der Waals surface area contributed by atoms with E-state index in [0.29, 0.717) is 41.2 Å².